The van der Waals surface area contributed by atoms with Gasteiger partial charge in [-0.2, -0.15) is 0 Å². The number of aromatic amines is 1. The molecule has 0 aliphatic carbocycles. The normalized spacial score (nSPS) is 11.6. The van der Waals surface area contributed by atoms with Gasteiger partial charge in [-0.25, -0.2) is 4.98 Å². The molecule has 0 atom stereocenters. The average Bonchev–Trinajstić information content (AvgIpc) is 2.50. The molecule has 5 heteroatoms. The van der Waals surface area contributed by atoms with E-state index >= 15 is 0 Å². The van der Waals surface area contributed by atoms with Crippen LogP contribution in [0.4, 0.5) is 0 Å². The number of imidazole rings is 1. The highest BCUT2D eigenvalue weighted by molar-refractivity contribution is 5.74. The number of aromatic nitrogens is 2. The van der Waals surface area contributed by atoms with E-state index in [1.54, 1.807) is 12.5 Å². The summed E-state index contributed by atoms with van der Waals surface area (Å²) in [5.74, 6) is -0.299. The molecule has 1 rings (SSSR count). The quantitative estimate of drug-likeness (QED) is 0.627. The van der Waals surface area contributed by atoms with Crippen molar-refractivity contribution in [3.63, 3.8) is 0 Å². The Kier molecular flexibility index (Phi) is 3.24. The van der Waals surface area contributed by atoms with Crippen LogP contribution in [0, 0.1) is 0 Å². The van der Waals surface area contributed by atoms with Crippen molar-refractivity contribution >= 4 is 5.91 Å². The van der Waals surface area contributed by atoms with E-state index in [2.05, 4.69) is 15.3 Å². The van der Waals surface area contributed by atoms with Gasteiger partial charge in [-0.15, -0.1) is 0 Å². The highest BCUT2D eigenvalue weighted by Gasteiger charge is 2.19. The Balaban J connectivity index is 2.40. The molecule has 5 nitrogen and oxygen atoms in total. The van der Waals surface area contributed by atoms with E-state index in [0.29, 0.717) is 13.0 Å². The van der Waals surface area contributed by atoms with Crippen molar-refractivity contribution in [3.8, 4) is 0 Å². The Morgan fingerprint density at radius 3 is 2.93 bits per heavy atom. The first kappa shape index (κ1) is 10.7. The number of carbonyl (C=O) groups is 1. The van der Waals surface area contributed by atoms with Gasteiger partial charge < -0.3 is 16.0 Å². The second-order valence-corrected chi connectivity index (χ2v) is 3.96. The molecule has 0 aromatic carbocycles. The predicted molar refractivity (Wildman–Crippen MR) is 53.3 cm³/mol. The van der Waals surface area contributed by atoms with Gasteiger partial charge in [-0.05, 0) is 13.8 Å². The Morgan fingerprint density at radius 2 is 2.43 bits per heavy atom. The third-order valence-corrected chi connectivity index (χ3v) is 1.93. The fraction of sp³-hybridized carbons (Fsp3) is 0.556. The lowest BCUT2D eigenvalue weighted by molar-refractivity contribution is -0.119. The van der Waals surface area contributed by atoms with Crippen molar-refractivity contribution in [1.82, 2.24) is 15.3 Å². The van der Waals surface area contributed by atoms with E-state index in [1.165, 1.54) is 0 Å². The molecule has 0 saturated heterocycles. The standard InChI is InChI=1S/C9H16N4O/c1-9(2,3-8(10)14)13-5-7-4-11-6-12-7/h4,6,13H,3,5H2,1-2H3,(H2,10,14)(H,11,12). The van der Waals surface area contributed by atoms with E-state index in [0.717, 1.165) is 5.69 Å². The van der Waals surface area contributed by atoms with Gasteiger partial charge in [-0.3, -0.25) is 4.79 Å². The third kappa shape index (κ3) is 3.57. The van der Waals surface area contributed by atoms with Crippen LogP contribution in [0.3, 0.4) is 0 Å². The van der Waals surface area contributed by atoms with Gasteiger partial charge in [0.1, 0.15) is 0 Å². The second kappa shape index (κ2) is 4.23. The van der Waals surface area contributed by atoms with Crippen molar-refractivity contribution in [3.05, 3.63) is 18.2 Å². The van der Waals surface area contributed by atoms with Crippen LogP contribution in [0.15, 0.2) is 12.5 Å². The van der Waals surface area contributed by atoms with E-state index in [4.69, 9.17) is 5.73 Å². The molecular weight excluding hydrogens is 180 g/mol. The molecule has 1 aromatic heterocycles. The van der Waals surface area contributed by atoms with Crippen LogP contribution in [0.2, 0.25) is 0 Å². The minimum absolute atomic E-state index is 0.281. The number of amides is 1. The van der Waals surface area contributed by atoms with Crippen LogP contribution in [0.1, 0.15) is 26.0 Å². The average molecular weight is 196 g/mol. The Labute approximate surface area is 83.1 Å². The molecule has 1 amide bonds. The minimum atomic E-state index is -0.299. The van der Waals surface area contributed by atoms with E-state index in [-0.39, 0.29) is 11.4 Å². The molecular formula is C9H16N4O. The zero-order chi connectivity index (χ0) is 10.6. The van der Waals surface area contributed by atoms with Crippen molar-refractivity contribution < 1.29 is 4.79 Å². The molecule has 0 fully saturated rings. The number of carbonyl (C=O) groups excluding carboxylic acids is 1. The topological polar surface area (TPSA) is 83.8 Å². The summed E-state index contributed by atoms with van der Waals surface area (Å²) in [4.78, 5) is 17.6. The summed E-state index contributed by atoms with van der Waals surface area (Å²) in [7, 11) is 0. The molecule has 0 saturated carbocycles. The van der Waals surface area contributed by atoms with Crippen molar-refractivity contribution in [2.24, 2.45) is 5.73 Å². The minimum Gasteiger partial charge on any atom is -0.370 e. The van der Waals surface area contributed by atoms with Gasteiger partial charge in [0.05, 0.1) is 6.33 Å². The van der Waals surface area contributed by atoms with Gasteiger partial charge in [0.25, 0.3) is 0 Å². The molecule has 0 unspecified atom stereocenters. The van der Waals surface area contributed by atoms with Gasteiger partial charge in [0.15, 0.2) is 0 Å². The number of hydrogen-bond acceptors (Lipinski definition) is 3. The molecule has 4 N–H and O–H groups in total. The summed E-state index contributed by atoms with van der Waals surface area (Å²) < 4.78 is 0. The van der Waals surface area contributed by atoms with Crippen LogP contribution < -0.4 is 11.1 Å². The molecule has 0 bridgehead atoms. The zero-order valence-corrected chi connectivity index (χ0v) is 8.50. The Bertz CT molecular complexity index is 292. The largest absolute Gasteiger partial charge is 0.370 e. The summed E-state index contributed by atoms with van der Waals surface area (Å²) in [6.07, 6.45) is 3.69. The number of rotatable bonds is 5. The van der Waals surface area contributed by atoms with Crippen molar-refractivity contribution in [1.29, 1.82) is 0 Å². The smallest absolute Gasteiger partial charge is 0.219 e. The number of primary amides is 1. The predicted octanol–water partition coefficient (Wildman–Crippen LogP) is 0.153. The fourth-order valence-electron chi connectivity index (χ4n) is 1.21. The summed E-state index contributed by atoms with van der Waals surface area (Å²) >= 11 is 0. The second-order valence-electron chi connectivity index (χ2n) is 3.96. The first-order chi connectivity index (χ1) is 6.49. The summed E-state index contributed by atoms with van der Waals surface area (Å²) in [6, 6.07) is 0. The lowest BCUT2D eigenvalue weighted by atomic mass is 10.0. The lowest BCUT2D eigenvalue weighted by Gasteiger charge is -2.24. The maximum absolute atomic E-state index is 10.7. The summed E-state index contributed by atoms with van der Waals surface area (Å²) in [5, 5.41) is 3.22. The first-order valence-electron chi connectivity index (χ1n) is 4.50. The van der Waals surface area contributed by atoms with Crippen LogP contribution in [0.25, 0.3) is 0 Å². The summed E-state index contributed by atoms with van der Waals surface area (Å²) in [5.41, 5.74) is 5.84. The molecule has 1 aromatic rings. The van der Waals surface area contributed by atoms with E-state index in [1.807, 2.05) is 13.8 Å². The van der Waals surface area contributed by atoms with Gasteiger partial charge in [0.2, 0.25) is 5.91 Å². The van der Waals surface area contributed by atoms with Gasteiger partial charge >= 0.3 is 0 Å². The van der Waals surface area contributed by atoms with Crippen LogP contribution in [0.5, 0.6) is 0 Å². The first-order valence-corrected chi connectivity index (χ1v) is 4.50. The summed E-state index contributed by atoms with van der Waals surface area (Å²) in [6.45, 7) is 4.53. The zero-order valence-electron chi connectivity index (χ0n) is 8.50. The van der Waals surface area contributed by atoms with Gasteiger partial charge in [0, 0.05) is 30.4 Å². The van der Waals surface area contributed by atoms with E-state index < -0.39 is 0 Å². The maximum atomic E-state index is 10.7. The van der Waals surface area contributed by atoms with Crippen molar-refractivity contribution in [2.75, 3.05) is 0 Å². The SMILES string of the molecule is CC(C)(CC(N)=O)NCc1cnc[nH]1. The molecule has 1 heterocycles. The number of nitrogens with one attached hydrogen (secondary N) is 2. The molecule has 0 aliphatic heterocycles. The number of H-pyrrole nitrogens is 1. The highest BCUT2D eigenvalue weighted by atomic mass is 16.1. The van der Waals surface area contributed by atoms with Gasteiger partial charge in [-0.1, -0.05) is 0 Å². The Morgan fingerprint density at radius 1 is 1.71 bits per heavy atom. The lowest BCUT2D eigenvalue weighted by Crippen LogP contribution is -2.42. The fourth-order valence-corrected chi connectivity index (χ4v) is 1.21. The highest BCUT2D eigenvalue weighted by Crippen LogP contribution is 2.08. The number of hydrogen-bond donors (Lipinski definition) is 3. The molecule has 78 valence electrons. The van der Waals surface area contributed by atoms with Crippen molar-refractivity contribution in [2.45, 2.75) is 32.4 Å². The Hall–Kier alpha value is -1.36. The van der Waals surface area contributed by atoms with Crippen LogP contribution >= 0.6 is 0 Å². The number of nitrogens with zero attached hydrogens (tertiary/aromatic N) is 1. The molecule has 0 radical (unpaired) electrons. The number of nitrogens with two attached hydrogens (primary N) is 1. The van der Waals surface area contributed by atoms with Crippen LogP contribution in [-0.4, -0.2) is 21.4 Å². The molecule has 0 aliphatic rings. The maximum Gasteiger partial charge on any atom is 0.219 e. The van der Waals surface area contributed by atoms with Crippen LogP contribution in [-0.2, 0) is 11.3 Å². The van der Waals surface area contributed by atoms with E-state index in [9.17, 15) is 4.79 Å². The molecule has 14 heavy (non-hydrogen) atoms. The molecule has 0 spiro atoms. The monoisotopic (exact) mass is 196 g/mol. The third-order valence-electron chi connectivity index (χ3n) is 1.93.